The Morgan fingerprint density at radius 2 is 2.05 bits per heavy atom. The first-order valence-electron chi connectivity index (χ1n) is 5.88. The van der Waals surface area contributed by atoms with Crippen LogP contribution in [0.5, 0.6) is 11.5 Å². The van der Waals surface area contributed by atoms with Gasteiger partial charge in [0.05, 0.1) is 13.4 Å². The summed E-state index contributed by atoms with van der Waals surface area (Å²) >= 11 is 0. The van der Waals surface area contributed by atoms with Crippen LogP contribution in [-0.2, 0) is 10.0 Å². The van der Waals surface area contributed by atoms with Crippen LogP contribution in [0.25, 0.3) is 0 Å². The Kier molecular flexibility index (Phi) is 5.59. The Hall–Kier alpha value is -1.31. The molecule has 0 heterocycles. The summed E-state index contributed by atoms with van der Waals surface area (Å²) in [6.45, 7) is 2.67. The molecule has 0 aliphatic carbocycles. The van der Waals surface area contributed by atoms with E-state index in [2.05, 4.69) is 10.0 Å². The van der Waals surface area contributed by atoms with E-state index in [4.69, 9.17) is 4.74 Å². The molecule has 6 nitrogen and oxygen atoms in total. The molecular weight excluding hydrogens is 268 g/mol. The maximum absolute atomic E-state index is 10.9. The highest BCUT2D eigenvalue weighted by Gasteiger charge is 2.10. The van der Waals surface area contributed by atoms with E-state index in [0.717, 1.165) is 11.8 Å². The number of aromatic hydroxyl groups is 1. The molecule has 0 fully saturated rings. The molecule has 0 saturated carbocycles. The van der Waals surface area contributed by atoms with Crippen LogP contribution in [0.3, 0.4) is 0 Å². The number of hydrogen-bond donors (Lipinski definition) is 3. The van der Waals surface area contributed by atoms with Gasteiger partial charge < -0.3 is 15.2 Å². The van der Waals surface area contributed by atoms with E-state index in [1.54, 1.807) is 18.2 Å². The number of rotatable bonds is 7. The fourth-order valence-corrected chi connectivity index (χ4v) is 2.12. The van der Waals surface area contributed by atoms with Gasteiger partial charge in [0, 0.05) is 30.8 Å². The van der Waals surface area contributed by atoms with E-state index in [1.165, 1.54) is 7.11 Å². The summed E-state index contributed by atoms with van der Waals surface area (Å²) in [5.41, 5.74) is 0.736. The van der Waals surface area contributed by atoms with Gasteiger partial charge in [-0.3, -0.25) is 0 Å². The zero-order valence-electron chi connectivity index (χ0n) is 11.3. The first-order valence-corrected chi connectivity index (χ1v) is 7.77. The molecule has 0 spiro atoms. The van der Waals surface area contributed by atoms with E-state index in [1.807, 2.05) is 6.92 Å². The molecule has 1 atom stereocenters. The van der Waals surface area contributed by atoms with E-state index >= 15 is 0 Å². The minimum Gasteiger partial charge on any atom is -0.507 e. The fraction of sp³-hybridized carbons (Fsp3) is 0.500. The molecule has 1 aromatic carbocycles. The minimum absolute atomic E-state index is 0.0905. The lowest BCUT2D eigenvalue weighted by molar-refractivity contribution is 0.404. The Bertz CT molecular complexity index is 516. The number of sulfonamides is 1. The Labute approximate surface area is 113 Å². The van der Waals surface area contributed by atoms with Crippen molar-refractivity contribution in [3.63, 3.8) is 0 Å². The number of phenolic OH excluding ortho intramolecular Hbond substituents is 1. The van der Waals surface area contributed by atoms with Gasteiger partial charge in [0.25, 0.3) is 0 Å². The third-order valence-electron chi connectivity index (χ3n) is 2.64. The smallest absolute Gasteiger partial charge is 0.208 e. The largest absolute Gasteiger partial charge is 0.507 e. The summed E-state index contributed by atoms with van der Waals surface area (Å²) in [6.07, 6.45) is 1.12. The van der Waals surface area contributed by atoms with Gasteiger partial charge >= 0.3 is 0 Å². The van der Waals surface area contributed by atoms with Gasteiger partial charge in [-0.2, -0.15) is 0 Å². The van der Waals surface area contributed by atoms with E-state index < -0.39 is 10.0 Å². The highest BCUT2D eigenvalue weighted by molar-refractivity contribution is 7.88. The van der Waals surface area contributed by atoms with Crippen molar-refractivity contribution in [2.45, 2.75) is 13.0 Å². The fourth-order valence-electron chi connectivity index (χ4n) is 1.65. The van der Waals surface area contributed by atoms with E-state index in [9.17, 15) is 13.5 Å². The van der Waals surface area contributed by atoms with Gasteiger partial charge in [-0.1, -0.05) is 6.07 Å². The van der Waals surface area contributed by atoms with Gasteiger partial charge in [-0.05, 0) is 13.0 Å². The van der Waals surface area contributed by atoms with Crippen molar-refractivity contribution in [1.82, 2.24) is 10.0 Å². The third-order valence-corrected chi connectivity index (χ3v) is 3.37. The van der Waals surface area contributed by atoms with Crippen LogP contribution in [-0.4, -0.2) is 40.0 Å². The predicted molar refractivity (Wildman–Crippen MR) is 73.9 cm³/mol. The van der Waals surface area contributed by atoms with Crippen molar-refractivity contribution < 1.29 is 18.3 Å². The zero-order valence-corrected chi connectivity index (χ0v) is 12.1. The quantitative estimate of drug-likeness (QED) is 0.640. The van der Waals surface area contributed by atoms with Gasteiger partial charge in [0.1, 0.15) is 11.5 Å². The molecule has 0 aliphatic rings. The molecule has 0 aliphatic heterocycles. The molecule has 0 aromatic heterocycles. The van der Waals surface area contributed by atoms with Crippen LogP contribution in [0.4, 0.5) is 0 Å². The molecule has 0 radical (unpaired) electrons. The highest BCUT2D eigenvalue weighted by atomic mass is 32.2. The molecule has 3 N–H and O–H groups in total. The lowest BCUT2D eigenvalue weighted by atomic mass is 10.1. The SMILES string of the molecule is COc1ccc(C(C)NCCNS(C)(=O)=O)c(O)c1. The third kappa shape index (κ3) is 5.46. The summed E-state index contributed by atoms with van der Waals surface area (Å²) in [7, 11) is -1.63. The lowest BCUT2D eigenvalue weighted by Crippen LogP contribution is -2.32. The average molecular weight is 288 g/mol. The summed E-state index contributed by atoms with van der Waals surface area (Å²) in [5, 5.41) is 13.0. The average Bonchev–Trinajstić information content (AvgIpc) is 2.33. The summed E-state index contributed by atoms with van der Waals surface area (Å²) in [4.78, 5) is 0. The van der Waals surface area contributed by atoms with Crippen LogP contribution in [0, 0.1) is 0 Å². The molecular formula is C12H20N2O4S. The second-order valence-electron chi connectivity index (χ2n) is 4.27. The molecule has 0 bridgehead atoms. The van der Waals surface area contributed by atoms with Crippen LogP contribution < -0.4 is 14.8 Å². The second-order valence-corrected chi connectivity index (χ2v) is 6.10. The van der Waals surface area contributed by atoms with E-state index in [-0.39, 0.29) is 11.8 Å². The van der Waals surface area contributed by atoms with Crippen molar-refractivity contribution >= 4 is 10.0 Å². The first kappa shape index (κ1) is 15.7. The molecule has 7 heteroatoms. The Morgan fingerprint density at radius 3 is 2.58 bits per heavy atom. The molecule has 1 unspecified atom stereocenters. The Balaban J connectivity index is 2.52. The van der Waals surface area contributed by atoms with Gasteiger partial charge in [0.15, 0.2) is 0 Å². The summed E-state index contributed by atoms with van der Waals surface area (Å²) in [6, 6.07) is 4.99. The summed E-state index contributed by atoms with van der Waals surface area (Å²) in [5.74, 6) is 0.739. The maximum Gasteiger partial charge on any atom is 0.208 e. The normalized spacial score (nSPS) is 13.2. The second kappa shape index (κ2) is 6.74. The molecule has 1 rings (SSSR count). The number of hydrogen-bond acceptors (Lipinski definition) is 5. The molecule has 19 heavy (non-hydrogen) atoms. The van der Waals surface area contributed by atoms with Crippen molar-refractivity contribution in [2.24, 2.45) is 0 Å². The molecule has 0 saturated heterocycles. The molecule has 1 aromatic rings. The number of benzene rings is 1. The first-order chi connectivity index (χ1) is 8.83. The Morgan fingerprint density at radius 1 is 1.37 bits per heavy atom. The molecule has 0 amide bonds. The van der Waals surface area contributed by atoms with Crippen LogP contribution in [0.15, 0.2) is 18.2 Å². The molecule has 108 valence electrons. The summed E-state index contributed by atoms with van der Waals surface area (Å²) < 4.78 is 29.2. The van der Waals surface area contributed by atoms with Crippen molar-refractivity contribution in [3.05, 3.63) is 23.8 Å². The standard InChI is InChI=1S/C12H20N2O4S/c1-9(13-6-7-14-19(3,16)17)11-5-4-10(18-2)8-12(11)15/h4-5,8-9,13-15H,6-7H2,1-3H3. The van der Waals surface area contributed by atoms with Crippen molar-refractivity contribution in [1.29, 1.82) is 0 Å². The minimum atomic E-state index is -3.16. The van der Waals surface area contributed by atoms with Crippen molar-refractivity contribution in [2.75, 3.05) is 26.5 Å². The number of ether oxygens (including phenoxy) is 1. The predicted octanol–water partition coefficient (Wildman–Crippen LogP) is 0.601. The van der Waals surface area contributed by atoms with Crippen LogP contribution in [0.1, 0.15) is 18.5 Å². The lowest BCUT2D eigenvalue weighted by Gasteiger charge is -2.16. The van der Waals surface area contributed by atoms with Gasteiger partial charge in [-0.15, -0.1) is 0 Å². The zero-order chi connectivity index (χ0) is 14.5. The van der Waals surface area contributed by atoms with Crippen LogP contribution in [0.2, 0.25) is 0 Å². The van der Waals surface area contributed by atoms with Crippen LogP contribution >= 0.6 is 0 Å². The van der Waals surface area contributed by atoms with Gasteiger partial charge in [0.2, 0.25) is 10.0 Å². The topological polar surface area (TPSA) is 87.7 Å². The monoisotopic (exact) mass is 288 g/mol. The number of phenols is 1. The maximum atomic E-state index is 10.9. The van der Waals surface area contributed by atoms with E-state index in [0.29, 0.717) is 18.8 Å². The van der Waals surface area contributed by atoms with Crippen molar-refractivity contribution in [3.8, 4) is 11.5 Å². The highest BCUT2D eigenvalue weighted by Crippen LogP contribution is 2.27. The number of methoxy groups -OCH3 is 1. The van der Waals surface area contributed by atoms with Gasteiger partial charge in [-0.25, -0.2) is 13.1 Å². The number of nitrogens with one attached hydrogen (secondary N) is 2.